The van der Waals surface area contributed by atoms with Crippen molar-refractivity contribution >= 4 is 35.1 Å². The van der Waals surface area contributed by atoms with Crippen LogP contribution in [0, 0.1) is 12.7 Å². The van der Waals surface area contributed by atoms with Gasteiger partial charge in [-0.1, -0.05) is 23.2 Å². The Bertz CT molecular complexity index is 1230. The lowest BCUT2D eigenvalue weighted by Gasteiger charge is -2.26. The zero-order chi connectivity index (χ0) is 24.1. The first-order valence-electron chi connectivity index (χ1n) is 9.46. The van der Waals surface area contributed by atoms with Gasteiger partial charge in [0, 0.05) is 11.4 Å². The minimum absolute atomic E-state index is 0.0329. The van der Waals surface area contributed by atoms with Crippen LogP contribution in [0.2, 0.25) is 10.2 Å². The van der Waals surface area contributed by atoms with Crippen LogP contribution < -0.4 is 10.2 Å². The van der Waals surface area contributed by atoms with Crippen molar-refractivity contribution in [2.45, 2.75) is 25.2 Å². The molecule has 2 aromatic heterocycles. The zero-order valence-corrected chi connectivity index (χ0v) is 18.2. The predicted molar refractivity (Wildman–Crippen MR) is 112 cm³/mol. The topological polar surface area (TPSA) is 83.3 Å². The van der Waals surface area contributed by atoms with E-state index >= 15 is 0 Å². The third kappa shape index (κ3) is 4.23. The molecule has 2 atom stereocenters. The Morgan fingerprint density at radius 1 is 1.21 bits per heavy atom. The van der Waals surface area contributed by atoms with Crippen molar-refractivity contribution < 1.29 is 27.5 Å². The van der Waals surface area contributed by atoms with Crippen LogP contribution in [0.4, 0.5) is 28.2 Å². The van der Waals surface area contributed by atoms with Gasteiger partial charge in [-0.25, -0.2) is 19.2 Å². The SMILES string of the molecule is Cc1cc(C(F)(F)F)cc(N2C(=O)N[C@H](CO)[C@H]2c2ncc(Cl)n2-c2ccc(F)c(Cl)c2)n1. The summed E-state index contributed by atoms with van der Waals surface area (Å²) in [5, 5.41) is 12.3. The molecule has 0 saturated carbocycles. The van der Waals surface area contributed by atoms with Crippen LogP contribution >= 0.6 is 23.2 Å². The van der Waals surface area contributed by atoms with Gasteiger partial charge >= 0.3 is 12.2 Å². The first-order chi connectivity index (χ1) is 15.5. The summed E-state index contributed by atoms with van der Waals surface area (Å²) in [7, 11) is 0. The van der Waals surface area contributed by atoms with Crippen molar-refractivity contribution in [1.82, 2.24) is 19.9 Å². The Hall–Kier alpha value is -2.89. The van der Waals surface area contributed by atoms with Crippen LogP contribution in [0.25, 0.3) is 5.69 Å². The Morgan fingerprint density at radius 3 is 2.58 bits per heavy atom. The molecule has 0 aliphatic carbocycles. The van der Waals surface area contributed by atoms with Crippen molar-refractivity contribution in [3.63, 3.8) is 0 Å². The van der Waals surface area contributed by atoms with Gasteiger partial charge in [-0.05, 0) is 37.3 Å². The van der Waals surface area contributed by atoms with E-state index in [2.05, 4.69) is 15.3 Å². The number of urea groups is 1. The molecule has 33 heavy (non-hydrogen) atoms. The minimum Gasteiger partial charge on any atom is -0.394 e. The van der Waals surface area contributed by atoms with Gasteiger partial charge < -0.3 is 10.4 Å². The molecule has 2 N–H and O–H groups in total. The van der Waals surface area contributed by atoms with Crippen LogP contribution in [0.3, 0.4) is 0 Å². The average Bonchev–Trinajstić information content (AvgIpc) is 3.28. The van der Waals surface area contributed by atoms with E-state index in [1.54, 1.807) is 0 Å². The van der Waals surface area contributed by atoms with Gasteiger partial charge in [0.1, 0.15) is 28.7 Å². The van der Waals surface area contributed by atoms with E-state index < -0.39 is 42.3 Å². The molecule has 1 aromatic carbocycles. The lowest BCUT2D eigenvalue weighted by molar-refractivity contribution is -0.137. The molecule has 174 valence electrons. The highest BCUT2D eigenvalue weighted by Crippen LogP contribution is 2.38. The van der Waals surface area contributed by atoms with Crippen LogP contribution in [0.15, 0.2) is 36.5 Å². The average molecular weight is 504 g/mol. The monoisotopic (exact) mass is 503 g/mol. The largest absolute Gasteiger partial charge is 0.416 e. The Labute approximate surface area is 194 Å². The number of carbonyl (C=O) groups excluding carboxylic acids is 1. The molecule has 13 heteroatoms. The molecule has 0 unspecified atom stereocenters. The molecule has 7 nitrogen and oxygen atoms in total. The molecular weight excluding hydrogens is 489 g/mol. The van der Waals surface area contributed by atoms with Crippen molar-refractivity contribution in [3.8, 4) is 5.69 Å². The Balaban J connectivity index is 1.89. The van der Waals surface area contributed by atoms with E-state index in [4.69, 9.17) is 23.2 Å². The van der Waals surface area contributed by atoms with Crippen molar-refractivity contribution in [1.29, 1.82) is 0 Å². The van der Waals surface area contributed by atoms with E-state index in [1.165, 1.54) is 29.8 Å². The number of aromatic nitrogens is 3. The summed E-state index contributed by atoms with van der Waals surface area (Å²) in [6, 6.07) is 2.51. The van der Waals surface area contributed by atoms with E-state index in [9.17, 15) is 27.5 Å². The second kappa shape index (κ2) is 8.47. The highest BCUT2D eigenvalue weighted by atomic mass is 35.5. The number of pyridine rings is 1. The number of nitrogens with one attached hydrogen (secondary N) is 1. The van der Waals surface area contributed by atoms with Crippen LogP contribution in [0.5, 0.6) is 0 Å². The van der Waals surface area contributed by atoms with Gasteiger partial charge in [-0.15, -0.1) is 0 Å². The van der Waals surface area contributed by atoms with Gasteiger partial charge in [0.05, 0.1) is 29.4 Å². The number of alkyl halides is 3. The van der Waals surface area contributed by atoms with Gasteiger partial charge in [-0.3, -0.25) is 9.47 Å². The second-order valence-corrected chi connectivity index (χ2v) is 8.07. The van der Waals surface area contributed by atoms with Gasteiger partial charge in [0.25, 0.3) is 0 Å². The Kier molecular flexibility index (Phi) is 5.97. The summed E-state index contributed by atoms with van der Waals surface area (Å²) in [5.74, 6) is -0.866. The molecular formula is C20H15Cl2F4N5O2. The number of nitrogens with zero attached hydrogens (tertiary/aromatic N) is 4. The quantitative estimate of drug-likeness (QED) is 0.506. The highest BCUT2D eigenvalue weighted by Gasteiger charge is 2.45. The number of anilines is 1. The molecule has 0 spiro atoms. The molecule has 1 saturated heterocycles. The maximum absolute atomic E-state index is 13.7. The number of rotatable bonds is 4. The minimum atomic E-state index is -4.67. The van der Waals surface area contributed by atoms with Crippen LogP contribution in [0.1, 0.15) is 23.1 Å². The second-order valence-electron chi connectivity index (χ2n) is 7.28. The fourth-order valence-electron chi connectivity index (χ4n) is 3.67. The molecule has 3 heterocycles. The summed E-state index contributed by atoms with van der Waals surface area (Å²) in [4.78, 5) is 22.1. The number of benzene rings is 1. The molecule has 1 aliphatic rings. The summed E-state index contributed by atoms with van der Waals surface area (Å²) in [6.07, 6.45) is -3.41. The first kappa shape index (κ1) is 23.3. The zero-order valence-electron chi connectivity index (χ0n) is 16.7. The highest BCUT2D eigenvalue weighted by molar-refractivity contribution is 6.31. The molecule has 3 aromatic rings. The number of aliphatic hydroxyl groups is 1. The summed E-state index contributed by atoms with van der Waals surface area (Å²) >= 11 is 12.2. The Morgan fingerprint density at radius 2 is 1.94 bits per heavy atom. The van der Waals surface area contributed by atoms with Crippen molar-refractivity contribution in [3.05, 3.63) is 69.6 Å². The lowest BCUT2D eigenvalue weighted by Crippen LogP contribution is -2.34. The molecule has 2 amide bonds. The summed E-state index contributed by atoms with van der Waals surface area (Å²) in [6.45, 7) is 0.809. The van der Waals surface area contributed by atoms with Gasteiger partial charge in [-0.2, -0.15) is 13.2 Å². The number of hydrogen-bond donors (Lipinski definition) is 2. The van der Waals surface area contributed by atoms with Gasteiger partial charge in [0.15, 0.2) is 0 Å². The number of amides is 2. The van der Waals surface area contributed by atoms with Crippen LogP contribution in [-0.2, 0) is 6.18 Å². The normalized spacial score (nSPS) is 18.7. The van der Waals surface area contributed by atoms with Crippen molar-refractivity contribution in [2.24, 2.45) is 0 Å². The van der Waals surface area contributed by atoms with E-state index in [1.807, 2.05) is 0 Å². The molecule has 0 radical (unpaired) electrons. The van der Waals surface area contributed by atoms with Crippen molar-refractivity contribution in [2.75, 3.05) is 11.5 Å². The summed E-state index contributed by atoms with van der Waals surface area (Å²) < 4.78 is 55.2. The fraction of sp³-hybridized carbons (Fsp3) is 0.250. The maximum atomic E-state index is 13.7. The first-order valence-corrected chi connectivity index (χ1v) is 10.2. The summed E-state index contributed by atoms with van der Waals surface area (Å²) in [5.41, 5.74) is -0.663. The standard InChI is InChI=1S/C20H15Cl2F4N5O2/c1-9-4-10(20(24,25)26)5-16(28-9)31-17(14(8-32)29-19(31)33)18-27-7-15(22)30(18)11-2-3-13(23)12(21)6-11/h2-7,14,17,32H,8H2,1H3,(H,29,33)/t14-,17+/m1/s1. The third-order valence-electron chi connectivity index (χ3n) is 5.07. The molecule has 4 rings (SSSR count). The van der Waals surface area contributed by atoms with E-state index in [0.717, 1.165) is 23.1 Å². The van der Waals surface area contributed by atoms with E-state index in [0.29, 0.717) is 5.69 Å². The van der Waals surface area contributed by atoms with Gasteiger partial charge in [0.2, 0.25) is 0 Å². The number of imidazole rings is 1. The molecule has 0 bridgehead atoms. The molecule has 1 fully saturated rings. The van der Waals surface area contributed by atoms with E-state index in [-0.39, 0.29) is 27.5 Å². The predicted octanol–water partition coefficient (Wildman–Crippen LogP) is 4.67. The number of hydrogen-bond acceptors (Lipinski definition) is 4. The number of aryl methyl sites for hydroxylation is 1. The third-order valence-corrected chi connectivity index (χ3v) is 5.63. The number of halogens is 6. The number of aliphatic hydroxyl groups excluding tert-OH is 1. The van der Waals surface area contributed by atoms with Crippen LogP contribution in [-0.4, -0.2) is 38.3 Å². The fourth-order valence-corrected chi connectivity index (χ4v) is 4.08. The smallest absolute Gasteiger partial charge is 0.394 e. The number of carbonyl (C=O) groups is 1. The lowest BCUT2D eigenvalue weighted by atomic mass is 10.1. The maximum Gasteiger partial charge on any atom is 0.416 e. The molecule has 1 aliphatic heterocycles.